The van der Waals surface area contributed by atoms with Gasteiger partial charge in [0.05, 0.1) is 18.3 Å². The Hall–Kier alpha value is -3.15. The molecule has 2 amide bonds. The zero-order valence-corrected chi connectivity index (χ0v) is 15.0. The van der Waals surface area contributed by atoms with Crippen LogP contribution in [0, 0.1) is 0 Å². The van der Waals surface area contributed by atoms with Crippen LogP contribution < -0.4 is 5.32 Å². The van der Waals surface area contributed by atoms with Gasteiger partial charge < -0.3 is 14.8 Å². The summed E-state index contributed by atoms with van der Waals surface area (Å²) in [4.78, 5) is 22.8. The minimum absolute atomic E-state index is 0.111. The van der Waals surface area contributed by atoms with Crippen molar-refractivity contribution < 1.29 is 4.79 Å². The van der Waals surface area contributed by atoms with Crippen molar-refractivity contribution in [1.82, 2.24) is 24.8 Å². The molecule has 0 saturated carbocycles. The van der Waals surface area contributed by atoms with Crippen LogP contribution in [0.2, 0.25) is 0 Å². The lowest BCUT2D eigenvalue weighted by atomic mass is 10.2. The SMILES string of the molecule is CC(c1ccccn1)N(C)C(=O)NCc1nccn1Cc1ccccc1. The van der Waals surface area contributed by atoms with Crippen molar-refractivity contribution in [3.05, 3.63) is 84.2 Å². The van der Waals surface area contributed by atoms with Gasteiger partial charge in [-0.1, -0.05) is 36.4 Å². The minimum Gasteiger partial charge on any atom is -0.331 e. The Morgan fingerprint density at radius 3 is 2.62 bits per heavy atom. The number of carbonyl (C=O) groups excluding carboxylic acids is 1. The highest BCUT2D eigenvalue weighted by Gasteiger charge is 2.18. The first kappa shape index (κ1) is 17.7. The number of rotatable bonds is 6. The number of hydrogen-bond donors (Lipinski definition) is 1. The Morgan fingerprint density at radius 2 is 1.88 bits per heavy atom. The predicted molar refractivity (Wildman–Crippen MR) is 100 cm³/mol. The summed E-state index contributed by atoms with van der Waals surface area (Å²) in [5.74, 6) is 0.820. The van der Waals surface area contributed by atoms with E-state index in [2.05, 4.69) is 27.4 Å². The smallest absolute Gasteiger partial charge is 0.318 e. The largest absolute Gasteiger partial charge is 0.331 e. The van der Waals surface area contributed by atoms with Gasteiger partial charge in [-0.3, -0.25) is 4.98 Å². The number of imidazole rings is 1. The molecule has 0 bridgehead atoms. The van der Waals surface area contributed by atoms with E-state index in [0.29, 0.717) is 6.54 Å². The highest BCUT2D eigenvalue weighted by atomic mass is 16.2. The molecule has 2 heterocycles. The first-order valence-electron chi connectivity index (χ1n) is 8.60. The summed E-state index contributed by atoms with van der Waals surface area (Å²) in [6.45, 7) is 3.06. The molecule has 1 N–H and O–H groups in total. The third kappa shape index (κ3) is 4.27. The fraction of sp³-hybridized carbons (Fsp3) is 0.250. The van der Waals surface area contributed by atoms with Crippen LogP contribution in [0.5, 0.6) is 0 Å². The van der Waals surface area contributed by atoms with Gasteiger partial charge in [-0.25, -0.2) is 9.78 Å². The summed E-state index contributed by atoms with van der Waals surface area (Å²) >= 11 is 0. The molecule has 6 nitrogen and oxygen atoms in total. The number of hydrogen-bond acceptors (Lipinski definition) is 3. The lowest BCUT2D eigenvalue weighted by Crippen LogP contribution is -2.39. The van der Waals surface area contributed by atoms with Gasteiger partial charge in [0.1, 0.15) is 5.82 Å². The Kier molecular flexibility index (Phi) is 5.63. The molecule has 134 valence electrons. The van der Waals surface area contributed by atoms with Gasteiger partial charge in [-0.05, 0) is 24.6 Å². The number of aromatic nitrogens is 3. The third-order valence-electron chi connectivity index (χ3n) is 4.41. The van der Waals surface area contributed by atoms with E-state index < -0.39 is 0 Å². The second kappa shape index (κ2) is 8.29. The van der Waals surface area contributed by atoms with Gasteiger partial charge in [-0.15, -0.1) is 0 Å². The van der Waals surface area contributed by atoms with Crippen molar-refractivity contribution in [3.8, 4) is 0 Å². The molecule has 0 aliphatic heterocycles. The Morgan fingerprint density at radius 1 is 1.12 bits per heavy atom. The first-order chi connectivity index (χ1) is 12.6. The summed E-state index contributed by atoms with van der Waals surface area (Å²) < 4.78 is 2.04. The van der Waals surface area contributed by atoms with Crippen LogP contribution >= 0.6 is 0 Å². The van der Waals surface area contributed by atoms with Crippen LogP contribution in [0.25, 0.3) is 0 Å². The van der Waals surface area contributed by atoms with Crippen LogP contribution in [-0.4, -0.2) is 32.5 Å². The summed E-state index contributed by atoms with van der Waals surface area (Å²) in [7, 11) is 1.77. The Bertz CT molecular complexity index is 832. The molecule has 0 spiro atoms. The summed E-state index contributed by atoms with van der Waals surface area (Å²) in [6.07, 6.45) is 5.41. The molecule has 0 radical (unpaired) electrons. The van der Waals surface area contributed by atoms with Crippen molar-refractivity contribution in [2.24, 2.45) is 0 Å². The third-order valence-corrected chi connectivity index (χ3v) is 4.41. The molecule has 0 aliphatic carbocycles. The van der Waals surface area contributed by atoms with Crippen molar-refractivity contribution >= 4 is 6.03 Å². The van der Waals surface area contributed by atoms with Crippen LogP contribution in [0.15, 0.2) is 67.1 Å². The van der Waals surface area contributed by atoms with Crippen molar-refractivity contribution in [1.29, 1.82) is 0 Å². The number of carbonyl (C=O) groups is 1. The molecule has 1 atom stereocenters. The molecule has 6 heteroatoms. The van der Waals surface area contributed by atoms with E-state index in [-0.39, 0.29) is 12.1 Å². The van der Waals surface area contributed by atoms with Gasteiger partial charge in [0.25, 0.3) is 0 Å². The molecule has 0 aliphatic rings. The maximum atomic E-state index is 12.5. The van der Waals surface area contributed by atoms with Crippen molar-refractivity contribution in [2.75, 3.05) is 7.05 Å². The second-order valence-corrected chi connectivity index (χ2v) is 6.16. The summed E-state index contributed by atoms with van der Waals surface area (Å²) in [5.41, 5.74) is 2.05. The molecular formula is C20H23N5O. The van der Waals surface area contributed by atoms with E-state index in [0.717, 1.165) is 18.1 Å². The standard InChI is InChI=1S/C20H23N5O/c1-16(18-10-6-7-11-21-18)24(2)20(26)23-14-19-22-12-13-25(19)15-17-8-4-3-5-9-17/h3-13,16H,14-15H2,1-2H3,(H,23,26). The topological polar surface area (TPSA) is 63.1 Å². The molecule has 2 aromatic heterocycles. The lowest BCUT2D eigenvalue weighted by Gasteiger charge is -2.24. The number of urea groups is 1. The first-order valence-corrected chi connectivity index (χ1v) is 8.60. The second-order valence-electron chi connectivity index (χ2n) is 6.16. The minimum atomic E-state index is -0.155. The molecule has 1 unspecified atom stereocenters. The maximum Gasteiger partial charge on any atom is 0.318 e. The fourth-order valence-electron chi connectivity index (χ4n) is 2.71. The van der Waals surface area contributed by atoms with Gasteiger partial charge >= 0.3 is 6.03 Å². The normalized spacial score (nSPS) is 11.8. The number of nitrogens with one attached hydrogen (secondary N) is 1. The zero-order chi connectivity index (χ0) is 18.4. The Balaban J connectivity index is 1.59. The van der Waals surface area contributed by atoms with Crippen LogP contribution in [0.1, 0.15) is 30.0 Å². The quantitative estimate of drug-likeness (QED) is 0.743. The zero-order valence-electron chi connectivity index (χ0n) is 15.0. The van der Waals surface area contributed by atoms with E-state index in [4.69, 9.17) is 0 Å². The van der Waals surface area contributed by atoms with Crippen LogP contribution in [0.4, 0.5) is 4.79 Å². The molecular weight excluding hydrogens is 326 g/mol. The van der Waals surface area contributed by atoms with E-state index in [9.17, 15) is 4.79 Å². The number of pyridine rings is 1. The molecule has 1 aromatic carbocycles. The van der Waals surface area contributed by atoms with Crippen molar-refractivity contribution in [3.63, 3.8) is 0 Å². The van der Waals surface area contributed by atoms with E-state index in [1.807, 2.05) is 54.1 Å². The lowest BCUT2D eigenvalue weighted by molar-refractivity contribution is 0.192. The number of amides is 2. The van der Waals surface area contributed by atoms with Gasteiger partial charge in [-0.2, -0.15) is 0 Å². The van der Waals surface area contributed by atoms with Gasteiger partial charge in [0.15, 0.2) is 0 Å². The molecule has 0 fully saturated rings. The maximum absolute atomic E-state index is 12.5. The van der Waals surface area contributed by atoms with Crippen LogP contribution in [-0.2, 0) is 13.1 Å². The Labute approximate surface area is 153 Å². The fourth-order valence-corrected chi connectivity index (χ4v) is 2.71. The van der Waals surface area contributed by atoms with Gasteiger partial charge in [0, 0.05) is 32.2 Å². The van der Waals surface area contributed by atoms with Gasteiger partial charge in [0.2, 0.25) is 0 Å². The predicted octanol–water partition coefficient (Wildman–Crippen LogP) is 3.23. The number of nitrogens with zero attached hydrogens (tertiary/aromatic N) is 4. The monoisotopic (exact) mass is 349 g/mol. The van der Waals surface area contributed by atoms with E-state index in [1.54, 1.807) is 24.3 Å². The molecule has 26 heavy (non-hydrogen) atoms. The summed E-state index contributed by atoms with van der Waals surface area (Å²) in [6, 6.07) is 15.6. The summed E-state index contributed by atoms with van der Waals surface area (Å²) in [5, 5.41) is 2.94. The molecule has 3 rings (SSSR count). The average molecular weight is 349 g/mol. The highest BCUT2D eigenvalue weighted by Crippen LogP contribution is 2.15. The van der Waals surface area contributed by atoms with E-state index in [1.165, 1.54) is 5.56 Å². The average Bonchev–Trinajstić information content (AvgIpc) is 3.13. The molecule has 3 aromatic rings. The van der Waals surface area contributed by atoms with Crippen molar-refractivity contribution in [2.45, 2.75) is 26.1 Å². The molecule has 0 saturated heterocycles. The number of benzene rings is 1. The highest BCUT2D eigenvalue weighted by molar-refractivity contribution is 5.74. The van der Waals surface area contributed by atoms with E-state index >= 15 is 0 Å². The van der Waals surface area contributed by atoms with Crippen LogP contribution in [0.3, 0.4) is 0 Å².